The van der Waals surface area contributed by atoms with Gasteiger partial charge in [0.2, 0.25) is 0 Å². The number of pyridine rings is 1. The maximum Gasteiger partial charge on any atom is 0.319 e. The maximum absolute atomic E-state index is 16.8. The van der Waals surface area contributed by atoms with E-state index < -0.39 is 35.2 Å². The number of hydrogen-bond donors (Lipinski definition) is 2. The molecule has 0 spiro atoms. The normalized spacial score (nSPS) is 25.0. The Labute approximate surface area is 264 Å². The molecular formula is C34H36F3N5O4. The Morgan fingerprint density at radius 1 is 1.17 bits per heavy atom. The maximum atomic E-state index is 16.8. The van der Waals surface area contributed by atoms with Crippen molar-refractivity contribution in [3.63, 3.8) is 0 Å². The third-order valence-corrected chi connectivity index (χ3v) is 10.2. The first-order valence-electron chi connectivity index (χ1n) is 15.9. The van der Waals surface area contributed by atoms with Crippen LogP contribution >= 0.6 is 0 Å². The summed E-state index contributed by atoms with van der Waals surface area (Å²) < 4.78 is 52.4. The summed E-state index contributed by atoms with van der Waals surface area (Å²) in [5.41, 5.74) is -0.0577. The molecule has 4 aromatic rings. The highest BCUT2D eigenvalue weighted by molar-refractivity contribution is 6.01. The van der Waals surface area contributed by atoms with Crippen molar-refractivity contribution in [2.75, 3.05) is 37.7 Å². The Hall–Kier alpha value is -4.19. The summed E-state index contributed by atoms with van der Waals surface area (Å²) in [4.78, 5) is 29.5. The van der Waals surface area contributed by atoms with Gasteiger partial charge in [-0.3, -0.25) is 14.7 Å². The summed E-state index contributed by atoms with van der Waals surface area (Å²) in [6, 6.07) is 5.67. The van der Waals surface area contributed by atoms with E-state index in [2.05, 4.69) is 14.9 Å². The number of benzene rings is 2. The first-order chi connectivity index (χ1) is 22.1. The van der Waals surface area contributed by atoms with E-state index in [0.29, 0.717) is 66.4 Å². The molecule has 3 aliphatic heterocycles. The van der Waals surface area contributed by atoms with Gasteiger partial charge in [0.1, 0.15) is 41.4 Å². The molecule has 7 rings (SSSR count). The zero-order valence-corrected chi connectivity index (χ0v) is 25.8. The third kappa shape index (κ3) is 5.06. The summed E-state index contributed by atoms with van der Waals surface area (Å²) in [7, 11) is 0. The SMILES string of the molecule is CCc1c(F)ccc2cc(O)cc(-c3ncc4c(N5CC[C@@H](C(=O)O)[C@@H](C)C5)nc(OC[C@@]56CCCN5C[C@H](F)C6)nc4c3F)c12. The number of fused-ring (bicyclic) bond motifs is 3. The molecule has 2 N–H and O–H groups in total. The topological polar surface area (TPSA) is 112 Å². The van der Waals surface area contributed by atoms with Crippen molar-refractivity contribution >= 4 is 33.5 Å². The molecule has 0 radical (unpaired) electrons. The second-order valence-corrected chi connectivity index (χ2v) is 13.0. The van der Waals surface area contributed by atoms with Gasteiger partial charge in [-0.15, -0.1) is 0 Å². The second kappa shape index (κ2) is 11.6. The summed E-state index contributed by atoms with van der Waals surface area (Å²) in [6.07, 6.45) is 3.28. The van der Waals surface area contributed by atoms with Crippen LogP contribution in [0, 0.1) is 23.5 Å². The van der Waals surface area contributed by atoms with Crippen molar-refractivity contribution in [3.8, 4) is 23.0 Å². The molecule has 0 saturated carbocycles. The molecule has 0 amide bonds. The van der Waals surface area contributed by atoms with E-state index in [1.165, 1.54) is 30.5 Å². The lowest BCUT2D eigenvalue weighted by Gasteiger charge is -2.36. The highest BCUT2D eigenvalue weighted by atomic mass is 19.1. The van der Waals surface area contributed by atoms with Crippen LogP contribution in [0.25, 0.3) is 32.9 Å². The van der Waals surface area contributed by atoms with Gasteiger partial charge in [0.05, 0.1) is 16.8 Å². The van der Waals surface area contributed by atoms with Crippen LogP contribution in [0.2, 0.25) is 0 Å². The predicted molar refractivity (Wildman–Crippen MR) is 167 cm³/mol. The van der Waals surface area contributed by atoms with E-state index in [-0.39, 0.29) is 41.1 Å². The molecule has 4 atom stereocenters. The molecule has 12 heteroatoms. The van der Waals surface area contributed by atoms with Crippen molar-refractivity contribution in [3.05, 3.63) is 47.7 Å². The van der Waals surface area contributed by atoms with Crippen LogP contribution in [0.1, 0.15) is 45.1 Å². The summed E-state index contributed by atoms with van der Waals surface area (Å²) >= 11 is 0. The van der Waals surface area contributed by atoms with Crippen LogP contribution in [0.4, 0.5) is 19.0 Å². The van der Waals surface area contributed by atoms with Gasteiger partial charge in [-0.1, -0.05) is 19.9 Å². The molecule has 0 aliphatic carbocycles. The number of aliphatic carboxylic acids is 1. The molecule has 2 aromatic carbocycles. The highest BCUT2D eigenvalue weighted by Crippen LogP contribution is 2.42. The number of piperidine rings is 1. The Morgan fingerprint density at radius 3 is 2.76 bits per heavy atom. The number of anilines is 1. The van der Waals surface area contributed by atoms with Gasteiger partial charge in [-0.2, -0.15) is 9.97 Å². The third-order valence-electron chi connectivity index (χ3n) is 10.2. The standard InChI is InChI=1S/C34H36F3N5O4/c1-3-22-26(36)6-5-19-11-21(43)12-24(27(19)22)29-28(37)30-25(14-38-29)31(41-10-7-23(32(44)45)18(2)15-41)40-33(39-30)46-17-34-8-4-9-42(34)16-20(35)13-34/h5-6,11-12,14,18,20,23,43H,3-4,7-10,13,15-17H2,1-2H3,(H,44,45)/t18-,20+,23+,34-/m0/s1. The van der Waals surface area contributed by atoms with E-state index >= 15 is 4.39 Å². The quantitative estimate of drug-likeness (QED) is 0.257. The number of ether oxygens (including phenoxy) is 1. The van der Waals surface area contributed by atoms with Crippen molar-refractivity contribution in [2.24, 2.45) is 11.8 Å². The first-order valence-corrected chi connectivity index (χ1v) is 15.9. The number of halogens is 3. The lowest BCUT2D eigenvalue weighted by Crippen LogP contribution is -2.44. The molecule has 9 nitrogen and oxygen atoms in total. The lowest BCUT2D eigenvalue weighted by atomic mass is 9.87. The minimum Gasteiger partial charge on any atom is -0.508 e. The number of rotatable bonds is 7. The highest BCUT2D eigenvalue weighted by Gasteiger charge is 2.49. The summed E-state index contributed by atoms with van der Waals surface area (Å²) in [5, 5.41) is 21.5. The van der Waals surface area contributed by atoms with Gasteiger partial charge in [0.25, 0.3) is 0 Å². The van der Waals surface area contributed by atoms with Crippen LogP contribution < -0.4 is 9.64 Å². The number of nitrogens with zero attached hydrogens (tertiary/aromatic N) is 5. The van der Waals surface area contributed by atoms with Crippen molar-refractivity contribution in [2.45, 2.75) is 57.7 Å². The Kier molecular flexibility index (Phi) is 7.65. The number of aromatic hydroxyl groups is 1. The Morgan fingerprint density at radius 2 is 2.00 bits per heavy atom. The Balaban J connectivity index is 1.36. The largest absolute Gasteiger partial charge is 0.508 e. The van der Waals surface area contributed by atoms with Crippen LogP contribution in [0.3, 0.4) is 0 Å². The molecule has 3 fully saturated rings. The van der Waals surface area contributed by atoms with Crippen molar-refractivity contribution in [1.82, 2.24) is 19.9 Å². The number of phenols is 1. The number of hydrogen-bond acceptors (Lipinski definition) is 8. The zero-order valence-electron chi connectivity index (χ0n) is 25.8. The predicted octanol–water partition coefficient (Wildman–Crippen LogP) is 5.89. The summed E-state index contributed by atoms with van der Waals surface area (Å²) in [5.74, 6) is -2.56. The number of carbonyl (C=O) groups is 1. The molecule has 3 aliphatic rings. The molecule has 3 saturated heterocycles. The van der Waals surface area contributed by atoms with Crippen LogP contribution in [0.15, 0.2) is 30.5 Å². The number of alkyl halides is 1. The lowest BCUT2D eigenvalue weighted by molar-refractivity contribution is -0.144. The van der Waals surface area contributed by atoms with Gasteiger partial charge in [0, 0.05) is 37.8 Å². The monoisotopic (exact) mass is 635 g/mol. The van der Waals surface area contributed by atoms with E-state index in [1.807, 2.05) is 11.8 Å². The van der Waals surface area contributed by atoms with Gasteiger partial charge in [-0.05, 0) is 72.7 Å². The average Bonchev–Trinajstić information content (AvgIpc) is 3.55. The van der Waals surface area contributed by atoms with Crippen molar-refractivity contribution < 1.29 is 32.9 Å². The van der Waals surface area contributed by atoms with Crippen LogP contribution in [-0.4, -0.2) is 80.5 Å². The van der Waals surface area contributed by atoms with Gasteiger partial charge < -0.3 is 19.8 Å². The number of carboxylic acid groups (broad SMARTS) is 1. The van der Waals surface area contributed by atoms with E-state index in [0.717, 1.165) is 19.4 Å². The fourth-order valence-corrected chi connectivity index (χ4v) is 7.90. The fraction of sp³-hybridized carbons (Fsp3) is 0.471. The van der Waals surface area contributed by atoms with Crippen LogP contribution in [-0.2, 0) is 11.2 Å². The first kappa shape index (κ1) is 30.5. The number of phenolic OH excluding ortho intramolecular Hbond substituents is 1. The molecular weight excluding hydrogens is 599 g/mol. The average molecular weight is 636 g/mol. The smallest absolute Gasteiger partial charge is 0.319 e. The van der Waals surface area contributed by atoms with Gasteiger partial charge >= 0.3 is 12.0 Å². The number of carboxylic acids is 1. The minimum absolute atomic E-state index is 0.0699. The zero-order chi connectivity index (χ0) is 32.3. The fourth-order valence-electron chi connectivity index (χ4n) is 7.90. The second-order valence-electron chi connectivity index (χ2n) is 13.0. The Bertz CT molecular complexity index is 1860. The van der Waals surface area contributed by atoms with Crippen molar-refractivity contribution in [1.29, 1.82) is 0 Å². The molecule has 46 heavy (non-hydrogen) atoms. The minimum atomic E-state index is -0.949. The molecule has 5 heterocycles. The van der Waals surface area contributed by atoms with Gasteiger partial charge in [-0.25, -0.2) is 13.2 Å². The van der Waals surface area contributed by atoms with E-state index in [9.17, 15) is 23.8 Å². The van der Waals surface area contributed by atoms with Crippen LogP contribution in [0.5, 0.6) is 11.8 Å². The molecule has 0 bridgehead atoms. The number of aryl methyl sites for hydroxylation is 1. The molecule has 0 unspecified atom stereocenters. The molecule has 242 valence electrons. The number of aromatic nitrogens is 3. The van der Waals surface area contributed by atoms with E-state index in [1.54, 1.807) is 6.92 Å². The van der Waals surface area contributed by atoms with Gasteiger partial charge in [0.15, 0.2) is 5.82 Å². The summed E-state index contributed by atoms with van der Waals surface area (Å²) in [6.45, 7) is 5.68. The molecule has 2 aromatic heterocycles. The van der Waals surface area contributed by atoms with E-state index in [4.69, 9.17) is 9.72 Å².